The van der Waals surface area contributed by atoms with Crippen molar-refractivity contribution in [3.8, 4) is 11.1 Å². The average molecular weight is 415 g/mol. The minimum atomic E-state index is -0.304. The molecule has 0 saturated heterocycles. The van der Waals surface area contributed by atoms with Gasteiger partial charge in [0.1, 0.15) is 23.2 Å². The number of benzene rings is 2. The quantitative estimate of drug-likeness (QED) is 0.512. The molecule has 1 atom stereocenters. The summed E-state index contributed by atoms with van der Waals surface area (Å²) in [7, 11) is 0. The van der Waals surface area contributed by atoms with Crippen molar-refractivity contribution < 1.29 is 9.71 Å². The van der Waals surface area contributed by atoms with E-state index < -0.39 is 0 Å². The summed E-state index contributed by atoms with van der Waals surface area (Å²) in [4.78, 5) is 20.9. The molecule has 0 spiro atoms. The number of aromatic amines is 1. The van der Waals surface area contributed by atoms with Crippen molar-refractivity contribution in [2.75, 3.05) is 0 Å². The highest BCUT2D eigenvalue weighted by Gasteiger charge is 2.15. The molecular formula is C21H18ClFN3OS+. The molecule has 2 aromatic carbocycles. The third-order valence-electron chi connectivity index (χ3n) is 4.69. The molecule has 142 valence electrons. The van der Waals surface area contributed by atoms with E-state index in [1.165, 1.54) is 23.5 Å². The molecular weight excluding hydrogens is 397 g/mol. The average Bonchev–Trinajstić information content (AvgIpc) is 3.11. The smallest absolute Gasteiger partial charge is 0.260 e. The topological polar surface area (TPSA) is 62.4 Å². The predicted octanol–water partition coefficient (Wildman–Crippen LogP) is 4.27. The summed E-state index contributed by atoms with van der Waals surface area (Å²) in [5, 5.41) is 5.24. The van der Waals surface area contributed by atoms with Crippen molar-refractivity contribution >= 4 is 33.2 Å². The number of nitrogens with two attached hydrogens (primary N) is 1. The molecule has 2 heterocycles. The molecule has 0 radical (unpaired) electrons. The van der Waals surface area contributed by atoms with Gasteiger partial charge in [-0.25, -0.2) is 9.37 Å². The van der Waals surface area contributed by atoms with Crippen LogP contribution in [0.4, 0.5) is 4.39 Å². The highest BCUT2D eigenvalue weighted by molar-refractivity contribution is 7.17. The van der Waals surface area contributed by atoms with Gasteiger partial charge < -0.3 is 10.3 Å². The van der Waals surface area contributed by atoms with Gasteiger partial charge in [-0.2, -0.15) is 0 Å². The van der Waals surface area contributed by atoms with Crippen LogP contribution in [0.3, 0.4) is 0 Å². The third-order valence-corrected chi connectivity index (χ3v) is 5.79. The molecule has 0 aliphatic carbocycles. The van der Waals surface area contributed by atoms with Crippen molar-refractivity contribution in [1.29, 1.82) is 0 Å². The van der Waals surface area contributed by atoms with Crippen molar-refractivity contribution in [1.82, 2.24) is 9.97 Å². The van der Waals surface area contributed by atoms with Crippen LogP contribution in [0.15, 0.2) is 58.7 Å². The molecule has 4 nitrogen and oxygen atoms in total. The van der Waals surface area contributed by atoms with Crippen LogP contribution in [0.1, 0.15) is 24.4 Å². The van der Waals surface area contributed by atoms with Gasteiger partial charge in [0.25, 0.3) is 5.56 Å². The number of fused-ring (bicyclic) bond motifs is 1. The first-order valence-corrected chi connectivity index (χ1v) is 10.1. The second-order valence-corrected chi connectivity index (χ2v) is 7.93. The zero-order valence-corrected chi connectivity index (χ0v) is 16.7. The Morgan fingerprint density at radius 3 is 2.79 bits per heavy atom. The lowest BCUT2D eigenvalue weighted by molar-refractivity contribution is -0.708. The Morgan fingerprint density at radius 2 is 2.04 bits per heavy atom. The maximum absolute atomic E-state index is 13.2. The summed E-state index contributed by atoms with van der Waals surface area (Å²) >= 11 is 7.48. The third kappa shape index (κ3) is 3.85. The zero-order chi connectivity index (χ0) is 19.7. The van der Waals surface area contributed by atoms with Crippen LogP contribution in [-0.4, -0.2) is 9.97 Å². The number of H-pyrrole nitrogens is 1. The fraction of sp³-hybridized carbons (Fsp3) is 0.143. The van der Waals surface area contributed by atoms with Crippen molar-refractivity contribution in [3.05, 3.63) is 86.5 Å². The maximum atomic E-state index is 13.2. The highest BCUT2D eigenvalue weighted by atomic mass is 35.5. The van der Waals surface area contributed by atoms with E-state index in [1.807, 2.05) is 29.6 Å². The molecule has 0 saturated carbocycles. The molecule has 2 aromatic heterocycles. The van der Waals surface area contributed by atoms with E-state index in [1.54, 1.807) is 12.1 Å². The molecule has 4 rings (SSSR count). The Bertz CT molecular complexity index is 1190. The van der Waals surface area contributed by atoms with Crippen LogP contribution in [-0.2, 0) is 6.54 Å². The first-order chi connectivity index (χ1) is 13.5. The van der Waals surface area contributed by atoms with Crippen LogP contribution in [0.25, 0.3) is 21.3 Å². The second kappa shape index (κ2) is 7.83. The summed E-state index contributed by atoms with van der Waals surface area (Å²) < 4.78 is 13.2. The largest absolute Gasteiger partial charge is 0.334 e. The lowest BCUT2D eigenvalue weighted by atomic mass is 10.1. The van der Waals surface area contributed by atoms with E-state index >= 15 is 0 Å². The minimum Gasteiger partial charge on any atom is -0.334 e. The van der Waals surface area contributed by atoms with Gasteiger partial charge in [-0.05, 0) is 36.8 Å². The summed E-state index contributed by atoms with van der Waals surface area (Å²) in [6.45, 7) is 2.63. The SMILES string of the molecule is C[C@@H]([NH2+]Cc1nc2scc(-c3ccc(F)cc3)c2c(=O)[nH]1)c1cccc(Cl)c1. The van der Waals surface area contributed by atoms with Gasteiger partial charge in [-0.1, -0.05) is 35.9 Å². The number of aromatic nitrogens is 2. The molecule has 3 N–H and O–H groups in total. The molecule has 0 aliphatic rings. The lowest BCUT2D eigenvalue weighted by Gasteiger charge is -2.11. The van der Waals surface area contributed by atoms with Gasteiger partial charge in [0.15, 0.2) is 5.82 Å². The van der Waals surface area contributed by atoms with Crippen LogP contribution < -0.4 is 10.9 Å². The number of halogens is 2. The monoisotopic (exact) mass is 414 g/mol. The van der Waals surface area contributed by atoms with Crippen molar-refractivity contribution in [3.63, 3.8) is 0 Å². The molecule has 7 heteroatoms. The van der Waals surface area contributed by atoms with Gasteiger partial charge in [0.2, 0.25) is 0 Å². The Kier molecular flexibility index (Phi) is 5.26. The van der Waals surface area contributed by atoms with Crippen LogP contribution >= 0.6 is 22.9 Å². The van der Waals surface area contributed by atoms with Gasteiger partial charge in [-0.15, -0.1) is 11.3 Å². The second-order valence-electron chi connectivity index (χ2n) is 6.63. The van der Waals surface area contributed by atoms with Gasteiger partial charge in [0.05, 0.1) is 5.39 Å². The van der Waals surface area contributed by atoms with Crippen LogP contribution in [0.5, 0.6) is 0 Å². The van der Waals surface area contributed by atoms with E-state index in [-0.39, 0.29) is 17.4 Å². The standard InChI is InChI=1S/C21H17ClFN3OS/c1-12(14-3-2-4-15(22)9-14)24-10-18-25-20(27)19-17(11-28-21(19)26-18)13-5-7-16(23)8-6-13/h2-9,11-12,24H,10H2,1H3,(H,25,26,27)/p+1/t12-/m1/s1. The molecule has 0 unspecified atom stereocenters. The molecule has 28 heavy (non-hydrogen) atoms. The first-order valence-electron chi connectivity index (χ1n) is 8.86. The Morgan fingerprint density at radius 1 is 1.25 bits per heavy atom. The normalized spacial score (nSPS) is 12.4. The van der Waals surface area contributed by atoms with Crippen LogP contribution in [0, 0.1) is 5.82 Å². The highest BCUT2D eigenvalue weighted by Crippen LogP contribution is 2.30. The summed E-state index contributed by atoms with van der Waals surface area (Å²) in [6.07, 6.45) is 0. The summed E-state index contributed by atoms with van der Waals surface area (Å²) in [5.74, 6) is 0.320. The minimum absolute atomic E-state index is 0.176. The Balaban J connectivity index is 1.58. The summed E-state index contributed by atoms with van der Waals surface area (Å²) in [5.41, 5.74) is 2.51. The molecule has 0 aliphatic heterocycles. The summed E-state index contributed by atoms with van der Waals surface area (Å²) in [6, 6.07) is 14.0. The van der Waals surface area contributed by atoms with Crippen molar-refractivity contribution in [2.45, 2.75) is 19.5 Å². The van der Waals surface area contributed by atoms with Crippen molar-refractivity contribution in [2.24, 2.45) is 0 Å². The van der Waals surface area contributed by atoms with E-state index in [9.17, 15) is 9.18 Å². The Hall–Kier alpha value is -2.54. The van der Waals surface area contributed by atoms with E-state index in [0.29, 0.717) is 27.6 Å². The fourth-order valence-corrected chi connectivity index (χ4v) is 4.31. The Labute approximate surface area is 170 Å². The molecule has 0 bridgehead atoms. The molecule has 0 fully saturated rings. The zero-order valence-electron chi connectivity index (χ0n) is 15.1. The number of rotatable bonds is 5. The van der Waals surface area contributed by atoms with E-state index in [2.05, 4.69) is 22.2 Å². The van der Waals surface area contributed by atoms with Gasteiger partial charge in [-0.3, -0.25) is 4.79 Å². The number of hydrogen-bond donors (Lipinski definition) is 2. The number of hydrogen-bond acceptors (Lipinski definition) is 3. The van der Waals surface area contributed by atoms with Gasteiger partial charge in [0, 0.05) is 21.5 Å². The van der Waals surface area contributed by atoms with E-state index in [4.69, 9.17) is 11.6 Å². The lowest BCUT2D eigenvalue weighted by Crippen LogP contribution is -2.83. The first kappa shape index (κ1) is 18.8. The number of nitrogens with zero attached hydrogens (tertiary/aromatic N) is 1. The van der Waals surface area contributed by atoms with Crippen LogP contribution in [0.2, 0.25) is 5.02 Å². The molecule has 4 aromatic rings. The number of quaternary nitrogens is 1. The van der Waals surface area contributed by atoms with Gasteiger partial charge >= 0.3 is 0 Å². The predicted molar refractivity (Wildman–Crippen MR) is 111 cm³/mol. The molecule has 0 amide bonds. The fourth-order valence-electron chi connectivity index (χ4n) is 3.15. The van der Waals surface area contributed by atoms with E-state index in [0.717, 1.165) is 16.7 Å². The number of thiophene rings is 1. The maximum Gasteiger partial charge on any atom is 0.260 e. The number of nitrogens with one attached hydrogen (secondary N) is 1.